The molecule has 0 bridgehead atoms. The molecule has 0 radical (unpaired) electrons. The van der Waals surface area contributed by atoms with Gasteiger partial charge in [0, 0.05) is 6.54 Å². The lowest BCUT2D eigenvalue weighted by molar-refractivity contribution is 0.0914. The lowest BCUT2D eigenvalue weighted by Gasteiger charge is -2.13. The molecule has 0 spiro atoms. The maximum atomic E-state index is 11.9. The zero-order valence-electron chi connectivity index (χ0n) is 11.4. The van der Waals surface area contributed by atoms with Crippen molar-refractivity contribution in [2.45, 2.75) is 13.0 Å². The van der Waals surface area contributed by atoms with E-state index in [1.54, 1.807) is 44.4 Å². The highest BCUT2D eigenvalue weighted by Crippen LogP contribution is 2.18. The largest absolute Gasteiger partial charge is 0.497 e. The molecule has 2 N–H and O–H groups in total. The van der Waals surface area contributed by atoms with Crippen LogP contribution in [0.25, 0.3) is 0 Å². The van der Waals surface area contributed by atoms with Crippen molar-refractivity contribution in [1.82, 2.24) is 5.32 Å². The van der Waals surface area contributed by atoms with E-state index in [0.29, 0.717) is 22.6 Å². The Bertz CT molecular complexity index is 591. The van der Waals surface area contributed by atoms with E-state index >= 15 is 0 Å². The number of rotatable bonds is 5. The van der Waals surface area contributed by atoms with Crippen LogP contribution in [0.15, 0.2) is 41.0 Å². The van der Waals surface area contributed by atoms with Crippen molar-refractivity contribution in [2.24, 2.45) is 0 Å². The first-order valence-electron chi connectivity index (χ1n) is 6.26. The number of methoxy groups -OCH3 is 1. The molecule has 106 valence electrons. The van der Waals surface area contributed by atoms with Crippen molar-refractivity contribution >= 4 is 5.91 Å². The molecule has 0 saturated carbocycles. The van der Waals surface area contributed by atoms with Gasteiger partial charge < -0.3 is 19.6 Å². The molecule has 1 aromatic heterocycles. The van der Waals surface area contributed by atoms with Crippen LogP contribution < -0.4 is 10.1 Å². The number of carbonyl (C=O) groups excluding carboxylic acids is 1. The summed E-state index contributed by atoms with van der Waals surface area (Å²) >= 11 is 0. The van der Waals surface area contributed by atoms with Gasteiger partial charge in [-0.2, -0.15) is 0 Å². The van der Waals surface area contributed by atoms with Crippen LogP contribution in [0.5, 0.6) is 5.75 Å². The standard InChI is InChI=1S/C15H17NO4/c1-10-13(6-7-20-10)15(18)16-9-14(17)11-4-3-5-12(8-11)19-2/h3-8,14,17H,9H2,1-2H3,(H,16,18). The minimum absolute atomic E-state index is 0.122. The van der Waals surface area contributed by atoms with E-state index in [1.807, 2.05) is 0 Å². The summed E-state index contributed by atoms with van der Waals surface area (Å²) in [5.41, 5.74) is 1.16. The van der Waals surface area contributed by atoms with Gasteiger partial charge in [-0.05, 0) is 30.7 Å². The molecule has 0 saturated heterocycles. The molecule has 1 aromatic carbocycles. The Morgan fingerprint density at radius 1 is 1.45 bits per heavy atom. The number of furan rings is 1. The summed E-state index contributed by atoms with van der Waals surface area (Å²) < 4.78 is 10.2. The highest BCUT2D eigenvalue weighted by atomic mass is 16.5. The summed E-state index contributed by atoms with van der Waals surface area (Å²) in [5.74, 6) is 0.954. The van der Waals surface area contributed by atoms with Crippen LogP contribution in [0.1, 0.15) is 27.8 Å². The van der Waals surface area contributed by atoms with Gasteiger partial charge in [0.2, 0.25) is 0 Å². The Balaban J connectivity index is 1.96. The zero-order chi connectivity index (χ0) is 14.5. The van der Waals surface area contributed by atoms with Gasteiger partial charge in [-0.3, -0.25) is 4.79 Å². The van der Waals surface area contributed by atoms with Crippen LogP contribution in [-0.4, -0.2) is 24.7 Å². The fourth-order valence-corrected chi connectivity index (χ4v) is 1.87. The summed E-state index contributed by atoms with van der Waals surface area (Å²) in [5, 5.41) is 12.7. The van der Waals surface area contributed by atoms with Crippen LogP contribution in [0, 0.1) is 6.92 Å². The molecule has 0 fully saturated rings. The number of aryl methyl sites for hydroxylation is 1. The number of amides is 1. The van der Waals surface area contributed by atoms with Gasteiger partial charge in [-0.1, -0.05) is 12.1 Å². The summed E-state index contributed by atoms with van der Waals surface area (Å²) in [6, 6.07) is 8.70. The van der Waals surface area contributed by atoms with Crippen LogP contribution in [0.3, 0.4) is 0 Å². The van der Waals surface area contributed by atoms with Gasteiger partial charge in [-0.25, -0.2) is 0 Å². The minimum atomic E-state index is -0.791. The molecule has 20 heavy (non-hydrogen) atoms. The predicted octanol–water partition coefficient (Wildman–Crippen LogP) is 2.06. The number of carbonyl (C=O) groups is 1. The summed E-state index contributed by atoms with van der Waals surface area (Å²) in [7, 11) is 1.56. The number of benzene rings is 1. The monoisotopic (exact) mass is 275 g/mol. The fourth-order valence-electron chi connectivity index (χ4n) is 1.87. The Morgan fingerprint density at radius 3 is 2.90 bits per heavy atom. The van der Waals surface area contributed by atoms with Crippen LogP contribution in [0.4, 0.5) is 0 Å². The van der Waals surface area contributed by atoms with Gasteiger partial charge in [-0.15, -0.1) is 0 Å². The van der Waals surface area contributed by atoms with Gasteiger partial charge >= 0.3 is 0 Å². The Morgan fingerprint density at radius 2 is 2.25 bits per heavy atom. The van der Waals surface area contributed by atoms with E-state index in [-0.39, 0.29) is 12.5 Å². The molecule has 1 unspecified atom stereocenters. The molecule has 0 aliphatic heterocycles. The second-order valence-corrected chi connectivity index (χ2v) is 4.39. The minimum Gasteiger partial charge on any atom is -0.497 e. The first-order chi connectivity index (χ1) is 9.61. The van der Waals surface area contributed by atoms with E-state index in [4.69, 9.17) is 9.15 Å². The number of nitrogens with one attached hydrogen (secondary N) is 1. The van der Waals surface area contributed by atoms with Crippen molar-refractivity contribution in [2.75, 3.05) is 13.7 Å². The van der Waals surface area contributed by atoms with Crippen molar-refractivity contribution in [3.63, 3.8) is 0 Å². The Hall–Kier alpha value is -2.27. The first-order valence-corrected chi connectivity index (χ1v) is 6.26. The summed E-state index contributed by atoms with van der Waals surface area (Å²) in [6.07, 6.45) is 0.671. The van der Waals surface area contributed by atoms with Crippen molar-refractivity contribution < 1.29 is 19.1 Å². The third kappa shape index (κ3) is 3.19. The van der Waals surface area contributed by atoms with Crippen molar-refractivity contribution in [1.29, 1.82) is 0 Å². The normalized spacial score (nSPS) is 11.9. The zero-order valence-corrected chi connectivity index (χ0v) is 11.4. The number of hydrogen-bond acceptors (Lipinski definition) is 4. The second kappa shape index (κ2) is 6.25. The van der Waals surface area contributed by atoms with Crippen LogP contribution in [-0.2, 0) is 0 Å². The highest BCUT2D eigenvalue weighted by Gasteiger charge is 2.14. The van der Waals surface area contributed by atoms with E-state index in [9.17, 15) is 9.90 Å². The van der Waals surface area contributed by atoms with Crippen molar-refractivity contribution in [3.05, 3.63) is 53.5 Å². The number of ether oxygens (including phenoxy) is 1. The van der Waals surface area contributed by atoms with E-state index in [0.717, 1.165) is 0 Å². The quantitative estimate of drug-likeness (QED) is 0.876. The molecule has 5 nitrogen and oxygen atoms in total. The predicted molar refractivity (Wildman–Crippen MR) is 73.7 cm³/mol. The van der Waals surface area contributed by atoms with Crippen LogP contribution >= 0.6 is 0 Å². The van der Waals surface area contributed by atoms with Gasteiger partial charge in [0.05, 0.1) is 25.0 Å². The van der Waals surface area contributed by atoms with Gasteiger partial charge in [0.15, 0.2) is 0 Å². The Kier molecular flexibility index (Phi) is 4.42. The first kappa shape index (κ1) is 14.1. The molecule has 0 aliphatic carbocycles. The van der Waals surface area contributed by atoms with E-state index < -0.39 is 6.10 Å². The molecule has 2 rings (SSSR count). The topological polar surface area (TPSA) is 71.7 Å². The third-order valence-corrected chi connectivity index (χ3v) is 3.04. The summed E-state index contributed by atoms with van der Waals surface area (Å²) in [4.78, 5) is 11.9. The molecule has 1 amide bonds. The molecule has 0 aliphatic rings. The Labute approximate surface area is 117 Å². The van der Waals surface area contributed by atoms with Crippen LogP contribution in [0.2, 0.25) is 0 Å². The maximum absolute atomic E-state index is 11.9. The lowest BCUT2D eigenvalue weighted by atomic mass is 10.1. The smallest absolute Gasteiger partial charge is 0.254 e. The number of aliphatic hydroxyl groups excluding tert-OH is 1. The molecule has 1 atom stereocenters. The molecular formula is C15H17NO4. The number of hydrogen-bond donors (Lipinski definition) is 2. The number of aliphatic hydroxyl groups is 1. The highest BCUT2D eigenvalue weighted by molar-refractivity contribution is 5.95. The van der Waals surface area contributed by atoms with Crippen molar-refractivity contribution in [3.8, 4) is 5.75 Å². The maximum Gasteiger partial charge on any atom is 0.254 e. The second-order valence-electron chi connectivity index (χ2n) is 4.39. The lowest BCUT2D eigenvalue weighted by Crippen LogP contribution is -2.28. The molecule has 5 heteroatoms. The average molecular weight is 275 g/mol. The van der Waals surface area contributed by atoms with E-state index in [1.165, 1.54) is 6.26 Å². The SMILES string of the molecule is COc1cccc(C(O)CNC(=O)c2ccoc2C)c1. The summed E-state index contributed by atoms with van der Waals surface area (Å²) in [6.45, 7) is 1.84. The average Bonchev–Trinajstić information content (AvgIpc) is 2.90. The van der Waals surface area contributed by atoms with Gasteiger partial charge in [0.1, 0.15) is 11.5 Å². The molecular weight excluding hydrogens is 258 g/mol. The molecule has 1 heterocycles. The fraction of sp³-hybridized carbons (Fsp3) is 0.267. The molecule has 2 aromatic rings. The third-order valence-electron chi connectivity index (χ3n) is 3.04. The van der Waals surface area contributed by atoms with Gasteiger partial charge in [0.25, 0.3) is 5.91 Å². The van der Waals surface area contributed by atoms with E-state index in [2.05, 4.69) is 5.32 Å².